The molecule has 3 N–H and O–H groups in total. The van der Waals surface area contributed by atoms with Gasteiger partial charge in [-0.25, -0.2) is 0 Å². The monoisotopic (exact) mass is 236 g/mol. The normalized spacial score (nSPS) is 15.7. The number of hydrogen-bond acceptors (Lipinski definition) is 6. The van der Waals surface area contributed by atoms with Crippen molar-refractivity contribution < 1.29 is 14.3 Å². The van der Waals surface area contributed by atoms with E-state index in [1.54, 1.807) is 17.0 Å². The van der Waals surface area contributed by atoms with E-state index in [0.29, 0.717) is 11.5 Å². The lowest BCUT2D eigenvalue weighted by molar-refractivity contribution is -0.130. The van der Waals surface area contributed by atoms with Crippen molar-refractivity contribution in [2.45, 2.75) is 0 Å². The third kappa shape index (κ3) is 2.27. The molecule has 2 heterocycles. The summed E-state index contributed by atoms with van der Waals surface area (Å²) in [4.78, 5) is 28.1. The van der Waals surface area contributed by atoms with Gasteiger partial charge >= 0.3 is 0 Å². The topological polar surface area (TPSA) is 97.5 Å². The van der Waals surface area contributed by atoms with E-state index in [0.717, 1.165) is 0 Å². The zero-order valence-corrected chi connectivity index (χ0v) is 9.27. The Bertz CT molecular complexity index is 459. The van der Waals surface area contributed by atoms with Crippen LogP contribution in [-0.2, 0) is 9.59 Å². The molecular weight excluding hydrogens is 224 g/mol. The summed E-state index contributed by atoms with van der Waals surface area (Å²) in [5.74, 6) is 0.0675. The summed E-state index contributed by atoms with van der Waals surface area (Å²) >= 11 is 0. The van der Waals surface area contributed by atoms with Gasteiger partial charge in [0, 0.05) is 0 Å². The van der Waals surface area contributed by atoms with Gasteiger partial charge in [-0.2, -0.15) is 4.98 Å². The van der Waals surface area contributed by atoms with Gasteiger partial charge in [-0.3, -0.25) is 14.9 Å². The third-order valence-corrected chi connectivity index (χ3v) is 2.34. The van der Waals surface area contributed by atoms with Crippen LogP contribution in [0.5, 0.6) is 5.88 Å². The second kappa shape index (κ2) is 4.28. The Balaban J connectivity index is 2.27. The van der Waals surface area contributed by atoms with Crippen LogP contribution in [0.15, 0.2) is 12.1 Å². The highest BCUT2D eigenvalue weighted by molar-refractivity contribution is 6.02. The molecule has 1 fully saturated rings. The second-order valence-electron chi connectivity index (χ2n) is 3.60. The van der Waals surface area contributed by atoms with E-state index in [4.69, 9.17) is 10.5 Å². The number of imide groups is 1. The predicted molar refractivity (Wildman–Crippen MR) is 60.6 cm³/mol. The van der Waals surface area contributed by atoms with E-state index in [-0.39, 0.29) is 30.8 Å². The van der Waals surface area contributed by atoms with Crippen LogP contribution in [-0.4, -0.2) is 37.0 Å². The highest BCUT2D eigenvalue weighted by Crippen LogP contribution is 2.22. The number of nitrogens with two attached hydrogens (primary N) is 1. The summed E-state index contributed by atoms with van der Waals surface area (Å²) < 4.78 is 4.98. The number of amides is 2. The Morgan fingerprint density at radius 1 is 1.35 bits per heavy atom. The summed E-state index contributed by atoms with van der Waals surface area (Å²) in [6.45, 7) is 0.178. The van der Waals surface area contributed by atoms with Crippen molar-refractivity contribution in [1.29, 1.82) is 0 Å². The largest absolute Gasteiger partial charge is 0.479 e. The molecule has 90 valence electrons. The van der Waals surface area contributed by atoms with Crippen molar-refractivity contribution in [3.63, 3.8) is 0 Å². The van der Waals surface area contributed by atoms with Crippen molar-refractivity contribution in [3.05, 3.63) is 12.1 Å². The van der Waals surface area contributed by atoms with E-state index in [1.807, 2.05) is 0 Å². The average molecular weight is 236 g/mol. The fourth-order valence-electron chi connectivity index (χ4n) is 1.58. The molecule has 1 aromatic heterocycles. The Labute approximate surface area is 97.6 Å². The van der Waals surface area contributed by atoms with Crippen LogP contribution in [0.25, 0.3) is 0 Å². The second-order valence-corrected chi connectivity index (χ2v) is 3.60. The number of aromatic nitrogens is 1. The maximum absolute atomic E-state index is 11.2. The molecule has 2 rings (SSSR count). The summed E-state index contributed by atoms with van der Waals surface area (Å²) in [5, 5.41) is 2.22. The minimum atomic E-state index is -0.348. The molecule has 1 aromatic rings. The average Bonchev–Trinajstić information content (AvgIpc) is 2.28. The molecule has 0 aromatic carbocycles. The van der Waals surface area contributed by atoms with Gasteiger partial charge < -0.3 is 15.4 Å². The number of nitrogens with one attached hydrogen (secondary N) is 1. The molecule has 1 aliphatic heterocycles. The molecule has 0 unspecified atom stereocenters. The quantitative estimate of drug-likeness (QED) is 0.648. The van der Waals surface area contributed by atoms with Crippen molar-refractivity contribution in [2.75, 3.05) is 30.8 Å². The summed E-state index contributed by atoms with van der Waals surface area (Å²) in [5.41, 5.74) is 6.04. The van der Waals surface area contributed by atoms with E-state index in [2.05, 4.69) is 10.3 Å². The Kier molecular flexibility index (Phi) is 2.82. The van der Waals surface area contributed by atoms with Gasteiger partial charge in [-0.05, 0) is 12.1 Å². The maximum atomic E-state index is 11.2. The first-order valence-corrected chi connectivity index (χ1v) is 4.98. The Morgan fingerprint density at radius 3 is 2.59 bits per heavy atom. The lowest BCUT2D eigenvalue weighted by atomic mass is 10.3. The van der Waals surface area contributed by atoms with Gasteiger partial charge in [0.25, 0.3) is 0 Å². The van der Waals surface area contributed by atoms with Crippen molar-refractivity contribution >= 4 is 23.3 Å². The number of carbonyl (C=O) groups is 2. The first-order chi connectivity index (χ1) is 8.10. The first-order valence-electron chi connectivity index (χ1n) is 4.98. The lowest BCUT2D eigenvalue weighted by Crippen LogP contribution is -2.51. The van der Waals surface area contributed by atoms with Gasteiger partial charge in [0.15, 0.2) is 0 Å². The van der Waals surface area contributed by atoms with Crippen LogP contribution in [0.3, 0.4) is 0 Å². The fraction of sp³-hybridized carbons (Fsp3) is 0.300. The minimum absolute atomic E-state index is 0.0891. The molecule has 17 heavy (non-hydrogen) atoms. The summed E-state index contributed by atoms with van der Waals surface area (Å²) in [6, 6.07) is 3.27. The number of anilines is 2. The SMILES string of the molecule is COc1nc(N2CC(=O)NC(=O)C2)ccc1N. The number of pyridine rings is 1. The molecule has 7 heteroatoms. The van der Waals surface area contributed by atoms with E-state index in [1.165, 1.54) is 7.11 Å². The zero-order valence-electron chi connectivity index (χ0n) is 9.27. The van der Waals surface area contributed by atoms with Crippen LogP contribution >= 0.6 is 0 Å². The standard InChI is InChI=1S/C10H12N4O3/c1-17-10-6(11)2-3-7(12-10)14-4-8(15)13-9(16)5-14/h2-3H,4-5,11H2,1H3,(H,13,15,16). The Hall–Kier alpha value is -2.31. The first kappa shape index (κ1) is 11.2. The molecule has 0 aliphatic carbocycles. The van der Waals surface area contributed by atoms with E-state index in [9.17, 15) is 9.59 Å². The van der Waals surface area contributed by atoms with Crippen molar-refractivity contribution in [1.82, 2.24) is 10.3 Å². The molecule has 1 saturated heterocycles. The predicted octanol–water partition coefficient (Wildman–Crippen LogP) is -0.865. The maximum Gasteiger partial charge on any atom is 0.246 e. The van der Waals surface area contributed by atoms with Gasteiger partial charge in [0.1, 0.15) is 5.82 Å². The molecule has 0 radical (unpaired) electrons. The summed E-state index contributed by atoms with van der Waals surface area (Å²) in [6.07, 6.45) is 0. The number of methoxy groups -OCH3 is 1. The van der Waals surface area contributed by atoms with Gasteiger partial charge in [0.2, 0.25) is 17.7 Å². The molecule has 0 spiro atoms. The molecule has 0 saturated carbocycles. The number of nitrogens with zero attached hydrogens (tertiary/aromatic N) is 2. The van der Waals surface area contributed by atoms with Crippen LogP contribution in [0.4, 0.5) is 11.5 Å². The number of ether oxygens (including phenoxy) is 1. The van der Waals surface area contributed by atoms with Gasteiger partial charge in [-0.1, -0.05) is 0 Å². The lowest BCUT2D eigenvalue weighted by Gasteiger charge is -2.26. The van der Waals surface area contributed by atoms with Crippen LogP contribution in [0.1, 0.15) is 0 Å². The third-order valence-electron chi connectivity index (χ3n) is 2.34. The number of nitrogen functional groups attached to an aromatic ring is 1. The molecule has 7 nitrogen and oxygen atoms in total. The summed E-state index contributed by atoms with van der Waals surface area (Å²) in [7, 11) is 1.45. The molecule has 2 amide bonds. The Morgan fingerprint density at radius 2 is 2.00 bits per heavy atom. The minimum Gasteiger partial charge on any atom is -0.479 e. The number of hydrogen-bond donors (Lipinski definition) is 2. The van der Waals surface area contributed by atoms with Crippen LogP contribution in [0, 0.1) is 0 Å². The van der Waals surface area contributed by atoms with Crippen LogP contribution in [0.2, 0.25) is 0 Å². The molecule has 0 bridgehead atoms. The number of carbonyl (C=O) groups excluding carboxylic acids is 2. The molecule has 1 aliphatic rings. The smallest absolute Gasteiger partial charge is 0.246 e. The van der Waals surface area contributed by atoms with Crippen molar-refractivity contribution in [2.24, 2.45) is 0 Å². The number of rotatable bonds is 2. The highest BCUT2D eigenvalue weighted by atomic mass is 16.5. The fourth-order valence-corrected chi connectivity index (χ4v) is 1.58. The van der Waals surface area contributed by atoms with Gasteiger partial charge in [0.05, 0.1) is 25.9 Å². The van der Waals surface area contributed by atoms with E-state index >= 15 is 0 Å². The highest BCUT2D eigenvalue weighted by Gasteiger charge is 2.23. The van der Waals surface area contributed by atoms with Crippen LogP contribution < -0.4 is 20.7 Å². The van der Waals surface area contributed by atoms with E-state index < -0.39 is 0 Å². The van der Waals surface area contributed by atoms with Crippen molar-refractivity contribution in [3.8, 4) is 5.88 Å². The number of piperazine rings is 1. The zero-order chi connectivity index (χ0) is 12.4. The molecule has 0 atom stereocenters. The van der Waals surface area contributed by atoms with Gasteiger partial charge in [-0.15, -0.1) is 0 Å². The molecular formula is C10H12N4O3.